The lowest BCUT2D eigenvalue weighted by Crippen LogP contribution is -2.30. The molecule has 0 aromatic heterocycles. The van der Waals surface area contributed by atoms with Crippen molar-refractivity contribution in [2.24, 2.45) is 0 Å². The fraction of sp³-hybridized carbons (Fsp3) is 0.800. The molecular weight excluding hydrogens is 296 g/mol. The molecule has 0 aromatic carbocycles. The minimum Gasteiger partial charge on any atom is -0.355 e. The molecule has 0 unspecified atom stereocenters. The Morgan fingerprint density at radius 3 is 2.14 bits per heavy atom. The zero-order valence-electron chi connectivity index (χ0n) is 6.77. The van der Waals surface area contributed by atoms with Gasteiger partial charge in [-0.3, -0.25) is 4.79 Å². The van der Waals surface area contributed by atoms with Gasteiger partial charge in [0.2, 0.25) is 15.0 Å². The number of hydrogen-bond donors (Lipinski definition) is 1. The molecule has 0 rings (SSSR count). The number of rotatable bonds is 4. The van der Waals surface area contributed by atoms with Crippen LogP contribution >= 0.6 is 45.5 Å². The number of carbonyl (C=O) groups is 1. The van der Waals surface area contributed by atoms with E-state index in [9.17, 15) is 13.2 Å². The summed E-state index contributed by atoms with van der Waals surface area (Å²) >= 11 is 16.0. The molecule has 0 saturated heterocycles. The van der Waals surface area contributed by atoms with Crippen LogP contribution in [0.25, 0.3) is 0 Å². The fourth-order valence-electron chi connectivity index (χ4n) is 0.557. The first-order chi connectivity index (χ1) is 6.10. The Morgan fingerprint density at radius 1 is 1.29 bits per heavy atom. The zero-order chi connectivity index (χ0) is 11.4. The van der Waals surface area contributed by atoms with Crippen molar-refractivity contribution in [1.29, 1.82) is 0 Å². The van der Waals surface area contributed by atoms with Crippen LogP contribution in [-0.4, -0.2) is 30.4 Å². The smallest absolute Gasteiger partial charge is 0.234 e. The minimum atomic E-state index is -3.60. The van der Waals surface area contributed by atoms with E-state index in [0.29, 0.717) is 0 Å². The van der Waals surface area contributed by atoms with Crippen LogP contribution < -0.4 is 5.32 Å². The number of halogens is 4. The molecule has 84 valence electrons. The summed E-state index contributed by atoms with van der Waals surface area (Å²) in [4.78, 5) is 10.9. The monoisotopic (exact) mass is 301 g/mol. The van der Waals surface area contributed by atoms with Crippen LogP contribution in [0.3, 0.4) is 0 Å². The molecule has 0 fully saturated rings. The summed E-state index contributed by atoms with van der Waals surface area (Å²) in [6, 6.07) is 0. The van der Waals surface area contributed by atoms with E-state index in [1.54, 1.807) is 0 Å². The van der Waals surface area contributed by atoms with E-state index < -0.39 is 18.8 Å². The molecule has 0 aliphatic rings. The summed E-state index contributed by atoms with van der Waals surface area (Å²) in [6.07, 6.45) is -0.333. The second kappa shape index (κ2) is 5.61. The van der Waals surface area contributed by atoms with Gasteiger partial charge in [0.25, 0.3) is 0 Å². The third-order valence-corrected chi connectivity index (χ3v) is 2.58. The molecule has 0 aliphatic carbocycles. The first-order valence-corrected chi connectivity index (χ1v) is 6.97. The molecule has 0 spiro atoms. The summed E-state index contributed by atoms with van der Waals surface area (Å²) < 4.78 is 19.2. The molecule has 0 bridgehead atoms. The van der Waals surface area contributed by atoms with E-state index in [1.807, 2.05) is 0 Å². The lowest BCUT2D eigenvalue weighted by molar-refractivity contribution is -0.120. The second-order valence-corrected chi connectivity index (χ2v) is 7.80. The molecule has 9 heteroatoms. The van der Waals surface area contributed by atoms with Crippen molar-refractivity contribution >= 4 is 60.4 Å². The lowest BCUT2D eigenvalue weighted by atomic mass is 10.4. The van der Waals surface area contributed by atoms with Crippen molar-refractivity contribution in [2.45, 2.75) is 10.2 Å². The van der Waals surface area contributed by atoms with E-state index in [2.05, 4.69) is 5.32 Å². The van der Waals surface area contributed by atoms with Crippen LogP contribution in [0.1, 0.15) is 6.42 Å². The predicted molar refractivity (Wildman–Crippen MR) is 57.6 cm³/mol. The Labute approximate surface area is 101 Å². The molecule has 0 aliphatic heterocycles. The maximum absolute atomic E-state index is 10.9. The highest BCUT2D eigenvalue weighted by Gasteiger charge is 2.23. The van der Waals surface area contributed by atoms with Crippen LogP contribution in [0.2, 0.25) is 0 Å². The number of nitrogens with one attached hydrogen (secondary N) is 1. The van der Waals surface area contributed by atoms with Gasteiger partial charge in [0.15, 0.2) is 3.79 Å². The van der Waals surface area contributed by atoms with E-state index in [-0.39, 0.29) is 18.7 Å². The minimum absolute atomic E-state index is 0.106. The van der Waals surface area contributed by atoms with Crippen LogP contribution in [0.4, 0.5) is 0 Å². The van der Waals surface area contributed by atoms with E-state index in [0.717, 1.165) is 0 Å². The molecule has 0 aromatic rings. The van der Waals surface area contributed by atoms with Crippen molar-refractivity contribution in [2.75, 3.05) is 12.3 Å². The molecule has 0 radical (unpaired) electrons. The van der Waals surface area contributed by atoms with Crippen LogP contribution in [-0.2, 0) is 13.8 Å². The Bertz CT molecular complexity index is 297. The lowest BCUT2D eigenvalue weighted by Gasteiger charge is -2.09. The topological polar surface area (TPSA) is 63.2 Å². The van der Waals surface area contributed by atoms with Crippen LogP contribution in [0, 0.1) is 0 Å². The summed E-state index contributed by atoms with van der Waals surface area (Å²) in [6.45, 7) is -0.106. The molecule has 0 saturated carbocycles. The largest absolute Gasteiger partial charge is 0.355 e. The van der Waals surface area contributed by atoms with Gasteiger partial charge < -0.3 is 5.32 Å². The zero-order valence-corrected chi connectivity index (χ0v) is 10.6. The van der Waals surface area contributed by atoms with Gasteiger partial charge >= 0.3 is 0 Å². The molecule has 1 N–H and O–H groups in total. The van der Waals surface area contributed by atoms with Gasteiger partial charge in [0.1, 0.15) is 0 Å². The van der Waals surface area contributed by atoms with Crippen molar-refractivity contribution in [3.05, 3.63) is 0 Å². The van der Waals surface area contributed by atoms with Gasteiger partial charge in [-0.15, -0.1) is 0 Å². The quantitative estimate of drug-likeness (QED) is 0.631. The molecule has 0 heterocycles. The SMILES string of the molecule is O=C(CC(Cl)(Cl)Cl)NCCS(=O)(=O)Cl. The Balaban J connectivity index is 3.77. The van der Waals surface area contributed by atoms with E-state index in [1.165, 1.54) is 0 Å². The maximum Gasteiger partial charge on any atom is 0.234 e. The molecule has 1 amide bonds. The van der Waals surface area contributed by atoms with Crippen molar-refractivity contribution in [3.8, 4) is 0 Å². The Kier molecular flexibility index (Phi) is 5.84. The average molecular weight is 303 g/mol. The first-order valence-electron chi connectivity index (χ1n) is 3.36. The molecular formula is C5H7Cl4NO3S. The normalized spacial score (nSPS) is 12.6. The van der Waals surface area contributed by atoms with Crippen LogP contribution in [0.15, 0.2) is 0 Å². The summed E-state index contributed by atoms with van der Waals surface area (Å²) in [5, 5.41) is 2.24. The van der Waals surface area contributed by atoms with Gasteiger partial charge in [0, 0.05) is 17.2 Å². The van der Waals surface area contributed by atoms with Gasteiger partial charge in [-0.2, -0.15) is 0 Å². The summed E-state index contributed by atoms with van der Waals surface area (Å²) in [5.74, 6) is -0.912. The average Bonchev–Trinajstić information content (AvgIpc) is 1.78. The predicted octanol–water partition coefficient (Wildman–Crippen LogP) is 1.43. The Hall–Kier alpha value is 0.580. The van der Waals surface area contributed by atoms with E-state index >= 15 is 0 Å². The maximum atomic E-state index is 10.9. The van der Waals surface area contributed by atoms with Gasteiger partial charge in [-0.1, -0.05) is 34.8 Å². The first kappa shape index (κ1) is 14.6. The summed E-state index contributed by atoms with van der Waals surface area (Å²) in [7, 11) is 1.29. The van der Waals surface area contributed by atoms with Crippen molar-refractivity contribution in [3.63, 3.8) is 0 Å². The summed E-state index contributed by atoms with van der Waals surface area (Å²) in [5.41, 5.74) is 0. The van der Waals surface area contributed by atoms with Crippen LogP contribution in [0.5, 0.6) is 0 Å². The third-order valence-electron chi connectivity index (χ3n) is 1.03. The highest BCUT2D eigenvalue weighted by atomic mass is 35.7. The van der Waals surface area contributed by atoms with Crippen molar-refractivity contribution < 1.29 is 13.2 Å². The number of carbonyl (C=O) groups excluding carboxylic acids is 1. The number of amides is 1. The number of hydrogen-bond acceptors (Lipinski definition) is 3. The van der Waals surface area contributed by atoms with Gasteiger partial charge in [-0.05, 0) is 0 Å². The molecule has 0 atom stereocenters. The third kappa shape index (κ3) is 10.7. The second-order valence-electron chi connectivity index (χ2n) is 2.38. The molecule has 4 nitrogen and oxygen atoms in total. The molecule has 14 heavy (non-hydrogen) atoms. The highest BCUT2D eigenvalue weighted by molar-refractivity contribution is 8.13. The standard InChI is InChI=1S/C5H7Cl4NO3S/c6-5(7,8)3-4(11)10-1-2-14(9,12)13/h1-3H2,(H,10,11). The number of alkyl halides is 3. The fourth-order valence-corrected chi connectivity index (χ4v) is 1.50. The van der Waals surface area contributed by atoms with Gasteiger partial charge in [0.05, 0.1) is 12.2 Å². The van der Waals surface area contributed by atoms with E-state index in [4.69, 9.17) is 45.5 Å². The highest BCUT2D eigenvalue weighted by Crippen LogP contribution is 2.29. The Morgan fingerprint density at radius 2 is 1.79 bits per heavy atom. The van der Waals surface area contributed by atoms with Gasteiger partial charge in [-0.25, -0.2) is 8.42 Å². The van der Waals surface area contributed by atoms with Crippen molar-refractivity contribution in [1.82, 2.24) is 5.32 Å².